The molecule has 0 radical (unpaired) electrons. The van der Waals surface area contributed by atoms with E-state index in [-0.39, 0.29) is 23.5 Å². The standard InChI is InChI=1S/C10H11FO4/c1-14-8-5-7(11)3-6(4-9(12)13)10(8)15-2/h3,5H,4H2,1-2H3,(H,12,13). The minimum Gasteiger partial charge on any atom is -0.493 e. The highest BCUT2D eigenvalue weighted by molar-refractivity contribution is 5.72. The summed E-state index contributed by atoms with van der Waals surface area (Å²) in [5.41, 5.74) is 0.252. The van der Waals surface area contributed by atoms with E-state index in [0.29, 0.717) is 0 Å². The number of carbonyl (C=O) groups is 1. The van der Waals surface area contributed by atoms with Crippen LogP contribution in [-0.4, -0.2) is 25.3 Å². The Morgan fingerprint density at radius 1 is 1.40 bits per heavy atom. The fraction of sp³-hybridized carbons (Fsp3) is 0.300. The van der Waals surface area contributed by atoms with Gasteiger partial charge < -0.3 is 14.6 Å². The molecule has 0 aliphatic rings. The van der Waals surface area contributed by atoms with Crippen LogP contribution < -0.4 is 9.47 Å². The van der Waals surface area contributed by atoms with Crippen LogP contribution in [0.25, 0.3) is 0 Å². The van der Waals surface area contributed by atoms with E-state index in [0.717, 1.165) is 12.1 Å². The summed E-state index contributed by atoms with van der Waals surface area (Å²) in [6, 6.07) is 2.26. The summed E-state index contributed by atoms with van der Waals surface area (Å²) in [5, 5.41) is 8.62. The molecule has 0 aliphatic carbocycles. The number of hydrogen-bond acceptors (Lipinski definition) is 3. The third-order valence-electron chi connectivity index (χ3n) is 1.86. The van der Waals surface area contributed by atoms with Gasteiger partial charge in [-0.2, -0.15) is 0 Å². The fourth-order valence-electron chi connectivity index (χ4n) is 1.30. The first kappa shape index (κ1) is 11.3. The van der Waals surface area contributed by atoms with E-state index in [1.165, 1.54) is 14.2 Å². The Morgan fingerprint density at radius 3 is 2.53 bits per heavy atom. The Kier molecular flexibility index (Phi) is 3.49. The van der Waals surface area contributed by atoms with Gasteiger partial charge in [-0.1, -0.05) is 0 Å². The summed E-state index contributed by atoms with van der Waals surface area (Å²) in [6.07, 6.45) is -0.308. The number of carboxylic acid groups (broad SMARTS) is 1. The van der Waals surface area contributed by atoms with E-state index in [1.54, 1.807) is 0 Å². The first-order valence-electron chi connectivity index (χ1n) is 4.20. The van der Waals surface area contributed by atoms with E-state index in [1.807, 2.05) is 0 Å². The largest absolute Gasteiger partial charge is 0.493 e. The van der Waals surface area contributed by atoms with E-state index >= 15 is 0 Å². The van der Waals surface area contributed by atoms with Gasteiger partial charge in [0.2, 0.25) is 0 Å². The summed E-state index contributed by atoms with van der Waals surface area (Å²) < 4.78 is 22.9. The molecule has 0 atom stereocenters. The second-order valence-corrected chi connectivity index (χ2v) is 2.87. The predicted octanol–water partition coefficient (Wildman–Crippen LogP) is 1.47. The normalized spacial score (nSPS) is 9.80. The number of hydrogen-bond donors (Lipinski definition) is 1. The molecule has 1 N–H and O–H groups in total. The number of ether oxygens (including phenoxy) is 2. The highest BCUT2D eigenvalue weighted by Crippen LogP contribution is 2.32. The zero-order valence-electron chi connectivity index (χ0n) is 8.41. The van der Waals surface area contributed by atoms with Gasteiger partial charge in [0, 0.05) is 11.6 Å². The average molecular weight is 214 g/mol. The molecular weight excluding hydrogens is 203 g/mol. The van der Waals surface area contributed by atoms with Crippen molar-refractivity contribution in [1.82, 2.24) is 0 Å². The summed E-state index contributed by atoms with van der Waals surface area (Å²) in [4.78, 5) is 10.5. The quantitative estimate of drug-likeness (QED) is 0.824. The van der Waals surface area contributed by atoms with Crippen molar-refractivity contribution in [2.24, 2.45) is 0 Å². The molecule has 0 aromatic heterocycles. The molecule has 1 rings (SSSR count). The molecule has 0 saturated carbocycles. The molecule has 4 nitrogen and oxygen atoms in total. The number of rotatable bonds is 4. The van der Waals surface area contributed by atoms with Crippen LogP contribution in [0.5, 0.6) is 11.5 Å². The van der Waals surface area contributed by atoms with Gasteiger partial charge in [-0.25, -0.2) is 4.39 Å². The third kappa shape index (κ3) is 2.59. The van der Waals surface area contributed by atoms with Gasteiger partial charge in [0.15, 0.2) is 11.5 Å². The molecule has 0 saturated heterocycles. The van der Waals surface area contributed by atoms with Crippen LogP contribution in [0.15, 0.2) is 12.1 Å². The zero-order valence-corrected chi connectivity index (χ0v) is 8.41. The maximum atomic E-state index is 13.1. The lowest BCUT2D eigenvalue weighted by Gasteiger charge is -2.11. The van der Waals surface area contributed by atoms with Crippen molar-refractivity contribution < 1.29 is 23.8 Å². The van der Waals surface area contributed by atoms with Crippen LogP contribution >= 0.6 is 0 Å². The van der Waals surface area contributed by atoms with Gasteiger partial charge in [0.1, 0.15) is 5.82 Å². The van der Waals surface area contributed by atoms with Crippen molar-refractivity contribution in [3.05, 3.63) is 23.5 Å². The SMILES string of the molecule is COc1cc(F)cc(CC(=O)O)c1OC. The number of aliphatic carboxylic acids is 1. The van der Waals surface area contributed by atoms with E-state index in [2.05, 4.69) is 0 Å². The molecule has 1 aromatic carbocycles. The molecule has 82 valence electrons. The van der Waals surface area contributed by atoms with Crippen molar-refractivity contribution in [1.29, 1.82) is 0 Å². The highest BCUT2D eigenvalue weighted by atomic mass is 19.1. The first-order chi connectivity index (χ1) is 7.08. The monoisotopic (exact) mass is 214 g/mol. The topological polar surface area (TPSA) is 55.8 Å². The van der Waals surface area contributed by atoms with E-state index in [4.69, 9.17) is 14.6 Å². The molecule has 1 aromatic rings. The van der Waals surface area contributed by atoms with Gasteiger partial charge in [-0.3, -0.25) is 4.79 Å². The number of halogens is 1. The second-order valence-electron chi connectivity index (χ2n) is 2.87. The van der Waals surface area contributed by atoms with Crippen molar-refractivity contribution in [3.8, 4) is 11.5 Å². The van der Waals surface area contributed by atoms with Crippen molar-refractivity contribution in [2.45, 2.75) is 6.42 Å². The Balaban J connectivity index is 3.22. The maximum absolute atomic E-state index is 13.1. The van der Waals surface area contributed by atoms with Crippen molar-refractivity contribution in [2.75, 3.05) is 14.2 Å². The summed E-state index contributed by atoms with van der Waals surface area (Å²) >= 11 is 0. The molecule has 0 heterocycles. The average Bonchev–Trinajstić information content (AvgIpc) is 2.15. The van der Waals surface area contributed by atoms with E-state index < -0.39 is 11.8 Å². The number of carboxylic acids is 1. The highest BCUT2D eigenvalue weighted by Gasteiger charge is 2.14. The molecule has 15 heavy (non-hydrogen) atoms. The summed E-state index contributed by atoms with van der Waals surface area (Å²) in [6.45, 7) is 0. The molecule has 5 heteroatoms. The molecule has 0 fully saturated rings. The molecule has 0 bridgehead atoms. The fourth-order valence-corrected chi connectivity index (χ4v) is 1.30. The summed E-state index contributed by atoms with van der Waals surface area (Å²) in [5.74, 6) is -1.17. The minimum atomic E-state index is -1.05. The molecule has 0 amide bonds. The number of methoxy groups -OCH3 is 2. The van der Waals surface area contributed by atoms with Crippen LogP contribution in [0.1, 0.15) is 5.56 Å². The van der Waals surface area contributed by atoms with Gasteiger partial charge in [-0.15, -0.1) is 0 Å². The lowest BCUT2D eigenvalue weighted by molar-refractivity contribution is -0.136. The minimum absolute atomic E-state index is 0.189. The second kappa shape index (κ2) is 4.63. The van der Waals surface area contributed by atoms with Gasteiger partial charge in [0.25, 0.3) is 0 Å². The van der Waals surface area contributed by atoms with Crippen LogP contribution in [0.3, 0.4) is 0 Å². The first-order valence-corrected chi connectivity index (χ1v) is 4.20. The Hall–Kier alpha value is -1.78. The Bertz CT molecular complexity index is 376. The van der Waals surface area contributed by atoms with Crippen molar-refractivity contribution in [3.63, 3.8) is 0 Å². The summed E-state index contributed by atoms with van der Waals surface area (Å²) in [7, 11) is 2.74. The smallest absolute Gasteiger partial charge is 0.307 e. The molecule has 0 aliphatic heterocycles. The van der Waals surface area contributed by atoms with Crippen molar-refractivity contribution >= 4 is 5.97 Å². The van der Waals surface area contributed by atoms with Gasteiger partial charge >= 0.3 is 5.97 Å². The Morgan fingerprint density at radius 2 is 2.07 bits per heavy atom. The predicted molar refractivity (Wildman–Crippen MR) is 50.8 cm³/mol. The lowest BCUT2D eigenvalue weighted by Crippen LogP contribution is -2.04. The maximum Gasteiger partial charge on any atom is 0.307 e. The number of benzene rings is 1. The van der Waals surface area contributed by atoms with Crippen LogP contribution in [-0.2, 0) is 11.2 Å². The Labute approximate surface area is 86.2 Å². The molecule has 0 spiro atoms. The zero-order chi connectivity index (χ0) is 11.4. The lowest BCUT2D eigenvalue weighted by atomic mass is 10.1. The van der Waals surface area contributed by atoms with Crippen LogP contribution in [0.4, 0.5) is 4.39 Å². The molecule has 0 unspecified atom stereocenters. The van der Waals surface area contributed by atoms with E-state index in [9.17, 15) is 9.18 Å². The molecular formula is C10H11FO4. The van der Waals surface area contributed by atoms with Crippen LogP contribution in [0.2, 0.25) is 0 Å². The van der Waals surface area contributed by atoms with Crippen LogP contribution in [0, 0.1) is 5.82 Å². The van der Waals surface area contributed by atoms with Gasteiger partial charge in [0.05, 0.1) is 20.6 Å². The van der Waals surface area contributed by atoms with Gasteiger partial charge in [-0.05, 0) is 6.07 Å². The third-order valence-corrected chi connectivity index (χ3v) is 1.86.